The Morgan fingerprint density at radius 1 is 0.438 bits per heavy atom. The molecule has 0 N–H and O–H groups in total. The fourth-order valence-corrected chi connectivity index (χ4v) is 6.06. The number of aromatic nitrogens is 3. The molecule has 230 valence electrons. The van der Waals surface area contributed by atoms with Crippen molar-refractivity contribution in [2.24, 2.45) is 0 Å². The van der Waals surface area contributed by atoms with Gasteiger partial charge in [-0.15, -0.1) is 0 Å². The first-order chi connectivity index (χ1) is 23.6. The number of benzene rings is 6. The molecule has 0 saturated heterocycles. The van der Waals surface area contributed by atoms with Gasteiger partial charge in [0.15, 0.2) is 11.6 Å². The van der Waals surface area contributed by atoms with Crippen molar-refractivity contribution in [2.75, 3.05) is 0 Å². The number of aryl methyl sites for hydroxylation is 1. The van der Waals surface area contributed by atoms with Crippen molar-refractivity contribution >= 4 is 5.57 Å². The first kappa shape index (κ1) is 30.5. The van der Waals surface area contributed by atoms with E-state index in [2.05, 4.69) is 159 Å². The van der Waals surface area contributed by atoms with Crippen LogP contribution in [0, 0.1) is 6.92 Å². The normalized spacial score (nSPS) is 11.3. The first-order valence-electron chi connectivity index (χ1n) is 16.2. The second-order valence-corrected chi connectivity index (χ2v) is 11.7. The molecule has 3 nitrogen and oxygen atoms in total. The van der Waals surface area contributed by atoms with Crippen LogP contribution in [0.15, 0.2) is 170 Å². The maximum Gasteiger partial charge on any atom is 0.163 e. The highest BCUT2D eigenvalue weighted by Crippen LogP contribution is 2.35. The van der Waals surface area contributed by atoms with E-state index < -0.39 is 0 Å². The van der Waals surface area contributed by atoms with Gasteiger partial charge in [-0.25, -0.2) is 15.0 Å². The van der Waals surface area contributed by atoms with E-state index in [1.165, 1.54) is 16.7 Å². The van der Waals surface area contributed by atoms with Crippen molar-refractivity contribution in [3.63, 3.8) is 0 Å². The van der Waals surface area contributed by atoms with Crippen LogP contribution < -0.4 is 0 Å². The maximum absolute atomic E-state index is 4.94. The predicted octanol–water partition coefficient (Wildman–Crippen LogP) is 11.8. The molecule has 0 spiro atoms. The van der Waals surface area contributed by atoms with Crippen LogP contribution in [-0.4, -0.2) is 15.0 Å². The number of hydrogen-bond donors (Lipinski definition) is 0. The lowest BCUT2D eigenvalue weighted by molar-refractivity contribution is 0.992. The molecule has 0 amide bonds. The highest BCUT2D eigenvalue weighted by molar-refractivity contribution is 5.85. The van der Waals surface area contributed by atoms with E-state index >= 15 is 0 Å². The van der Waals surface area contributed by atoms with Crippen LogP contribution in [0.3, 0.4) is 0 Å². The molecule has 48 heavy (non-hydrogen) atoms. The van der Waals surface area contributed by atoms with Crippen molar-refractivity contribution < 1.29 is 0 Å². The Morgan fingerprint density at radius 3 is 1.42 bits per heavy atom. The maximum atomic E-state index is 4.94. The summed E-state index contributed by atoms with van der Waals surface area (Å²) < 4.78 is 0. The average Bonchev–Trinajstić information content (AvgIpc) is 3.16. The minimum Gasteiger partial charge on any atom is -0.213 e. The molecule has 0 unspecified atom stereocenters. The van der Waals surface area contributed by atoms with Gasteiger partial charge in [-0.05, 0) is 99.8 Å². The zero-order valence-corrected chi connectivity index (χ0v) is 27.1. The molecule has 7 rings (SSSR count). The van der Waals surface area contributed by atoms with Gasteiger partial charge in [0.2, 0.25) is 0 Å². The Labute approximate surface area is 282 Å². The largest absolute Gasteiger partial charge is 0.213 e. The van der Waals surface area contributed by atoms with E-state index in [1.807, 2.05) is 25.1 Å². The molecule has 0 bridgehead atoms. The molecule has 1 aromatic heterocycles. The van der Waals surface area contributed by atoms with E-state index in [4.69, 9.17) is 15.0 Å². The summed E-state index contributed by atoms with van der Waals surface area (Å²) in [4.78, 5) is 14.4. The fourth-order valence-electron chi connectivity index (χ4n) is 6.06. The molecule has 0 saturated carbocycles. The number of hydrogen-bond acceptors (Lipinski definition) is 3. The lowest BCUT2D eigenvalue weighted by Gasteiger charge is -2.13. The van der Waals surface area contributed by atoms with Crippen molar-refractivity contribution in [1.82, 2.24) is 15.0 Å². The summed E-state index contributed by atoms with van der Waals surface area (Å²) in [5.41, 5.74) is 13.3. The SMILES string of the molecule is C=C/C(=C\C)c1cc(-c2cccc(-c3ccccc3)c2)cc(-c2cccc(-c3nc(C)nc(-c4ccc(-c5ccccc5)cc4)n3)c2)c1. The van der Waals surface area contributed by atoms with E-state index in [-0.39, 0.29) is 0 Å². The topological polar surface area (TPSA) is 38.7 Å². The molecule has 3 heteroatoms. The zero-order chi connectivity index (χ0) is 32.9. The van der Waals surface area contributed by atoms with Crippen LogP contribution in [0.5, 0.6) is 0 Å². The van der Waals surface area contributed by atoms with Crippen LogP contribution in [0.2, 0.25) is 0 Å². The third-order valence-electron chi connectivity index (χ3n) is 8.55. The van der Waals surface area contributed by atoms with Crippen molar-refractivity contribution in [1.29, 1.82) is 0 Å². The lowest BCUT2D eigenvalue weighted by Crippen LogP contribution is -1.99. The Balaban J connectivity index is 1.27. The summed E-state index contributed by atoms with van der Waals surface area (Å²) in [6.45, 7) is 8.06. The molecule has 7 aromatic rings. The van der Waals surface area contributed by atoms with Gasteiger partial charge in [-0.1, -0.05) is 140 Å². The number of allylic oxidation sites excluding steroid dienone is 3. The molecular formula is C45H35N3. The van der Waals surface area contributed by atoms with Gasteiger partial charge in [0.25, 0.3) is 0 Å². The fraction of sp³-hybridized carbons (Fsp3) is 0.0444. The highest BCUT2D eigenvalue weighted by Gasteiger charge is 2.13. The summed E-state index contributed by atoms with van der Waals surface area (Å²) in [6.07, 6.45) is 4.02. The highest BCUT2D eigenvalue weighted by atomic mass is 15.0. The van der Waals surface area contributed by atoms with E-state index in [0.29, 0.717) is 17.5 Å². The standard InChI is InChI=1S/C45H35N3/c1-4-32(5-2)41-28-42(38-19-12-18-37(26-38)34-16-10-7-11-17-34)30-43(29-41)39-20-13-21-40(27-39)45-47-31(3)46-44(48-45)36-24-22-35(23-25-36)33-14-8-6-9-15-33/h4-30H,1H2,2-3H3/b32-5+. The predicted molar refractivity (Wildman–Crippen MR) is 201 cm³/mol. The van der Waals surface area contributed by atoms with Crippen LogP contribution >= 0.6 is 0 Å². The van der Waals surface area contributed by atoms with Crippen LogP contribution in [0.4, 0.5) is 0 Å². The second-order valence-electron chi connectivity index (χ2n) is 11.7. The molecule has 0 aliphatic heterocycles. The molecule has 6 aromatic carbocycles. The summed E-state index contributed by atoms with van der Waals surface area (Å²) in [7, 11) is 0. The Kier molecular flexibility index (Phi) is 8.67. The molecule has 0 atom stereocenters. The lowest BCUT2D eigenvalue weighted by atomic mass is 9.91. The van der Waals surface area contributed by atoms with Crippen molar-refractivity contribution in [3.05, 3.63) is 182 Å². The van der Waals surface area contributed by atoms with Gasteiger partial charge in [0.05, 0.1) is 0 Å². The second kappa shape index (κ2) is 13.7. The third-order valence-corrected chi connectivity index (χ3v) is 8.55. The van der Waals surface area contributed by atoms with Gasteiger partial charge in [0, 0.05) is 11.1 Å². The zero-order valence-electron chi connectivity index (χ0n) is 27.1. The summed E-state index contributed by atoms with van der Waals surface area (Å²) >= 11 is 0. The van der Waals surface area contributed by atoms with Crippen molar-refractivity contribution in [3.8, 4) is 67.3 Å². The van der Waals surface area contributed by atoms with Gasteiger partial charge < -0.3 is 0 Å². The quantitative estimate of drug-likeness (QED) is 0.159. The Bertz CT molecular complexity index is 2250. The molecule has 0 aliphatic rings. The van der Waals surface area contributed by atoms with Gasteiger partial charge in [-0.3, -0.25) is 0 Å². The molecule has 0 aliphatic carbocycles. The monoisotopic (exact) mass is 617 g/mol. The van der Waals surface area contributed by atoms with Crippen LogP contribution in [0.25, 0.3) is 72.9 Å². The molecule has 1 heterocycles. The van der Waals surface area contributed by atoms with Gasteiger partial charge in [0.1, 0.15) is 5.82 Å². The first-order valence-corrected chi connectivity index (χ1v) is 16.2. The minimum absolute atomic E-state index is 0.652. The van der Waals surface area contributed by atoms with E-state index in [1.54, 1.807) is 0 Å². The molecule has 0 fully saturated rings. The minimum atomic E-state index is 0.652. The average molecular weight is 618 g/mol. The summed E-state index contributed by atoms with van der Waals surface area (Å²) in [6, 6.07) is 53.2. The Morgan fingerprint density at radius 2 is 0.854 bits per heavy atom. The van der Waals surface area contributed by atoms with Crippen LogP contribution in [-0.2, 0) is 0 Å². The van der Waals surface area contributed by atoms with Crippen LogP contribution in [0.1, 0.15) is 18.3 Å². The van der Waals surface area contributed by atoms with Gasteiger partial charge in [-0.2, -0.15) is 0 Å². The van der Waals surface area contributed by atoms with Crippen molar-refractivity contribution in [2.45, 2.75) is 13.8 Å². The van der Waals surface area contributed by atoms with E-state index in [9.17, 15) is 0 Å². The smallest absolute Gasteiger partial charge is 0.163 e. The Hall–Kier alpha value is -6.19. The number of nitrogens with zero attached hydrogens (tertiary/aromatic N) is 3. The van der Waals surface area contributed by atoms with E-state index in [0.717, 1.165) is 50.1 Å². The third kappa shape index (κ3) is 6.53. The molecule has 0 radical (unpaired) electrons. The summed E-state index contributed by atoms with van der Waals surface area (Å²) in [5, 5.41) is 0. The number of rotatable bonds is 8. The molecular weight excluding hydrogens is 583 g/mol. The van der Waals surface area contributed by atoms with Gasteiger partial charge >= 0.3 is 0 Å². The summed E-state index contributed by atoms with van der Waals surface area (Å²) in [5.74, 6) is 1.99.